The van der Waals surface area contributed by atoms with Crippen molar-refractivity contribution in [2.45, 2.75) is 50.5 Å². The first-order valence-electron chi connectivity index (χ1n) is 12.1. The maximum Gasteiger partial charge on any atom is 0.410 e. The van der Waals surface area contributed by atoms with Gasteiger partial charge in [-0.05, 0) is 48.1 Å². The Labute approximate surface area is 217 Å². The van der Waals surface area contributed by atoms with E-state index < -0.39 is 41.8 Å². The van der Waals surface area contributed by atoms with E-state index in [-0.39, 0.29) is 29.3 Å². The molecule has 204 valence electrons. The van der Waals surface area contributed by atoms with Gasteiger partial charge in [-0.25, -0.2) is 9.82 Å². The lowest BCUT2D eigenvalue weighted by molar-refractivity contribution is -0.199. The van der Waals surface area contributed by atoms with Gasteiger partial charge in [0.1, 0.15) is 23.4 Å². The summed E-state index contributed by atoms with van der Waals surface area (Å²) >= 11 is 0. The van der Waals surface area contributed by atoms with Gasteiger partial charge in [-0.15, -0.1) is 0 Å². The summed E-state index contributed by atoms with van der Waals surface area (Å²) in [5.74, 6) is -2.83. The number of alkyl halides is 3. The Balaban J connectivity index is 1.51. The van der Waals surface area contributed by atoms with Crippen molar-refractivity contribution >= 4 is 11.8 Å². The van der Waals surface area contributed by atoms with Crippen LogP contribution < -0.4 is 26.9 Å². The zero-order valence-electron chi connectivity index (χ0n) is 20.6. The Hall–Kier alpha value is -3.80. The predicted molar refractivity (Wildman–Crippen MR) is 130 cm³/mol. The summed E-state index contributed by atoms with van der Waals surface area (Å²) in [5.41, 5.74) is 15.4. The lowest BCUT2D eigenvalue weighted by Gasteiger charge is -2.36. The van der Waals surface area contributed by atoms with E-state index in [2.05, 4.69) is 10.7 Å². The molecule has 0 aromatic heterocycles. The zero-order chi connectivity index (χ0) is 27.6. The number of halogens is 4. The Kier molecular flexibility index (Phi) is 7.81. The summed E-state index contributed by atoms with van der Waals surface area (Å²) in [6, 6.07) is 7.25. The number of ether oxygens (including phenoxy) is 1. The average molecular weight is 536 g/mol. The van der Waals surface area contributed by atoms with E-state index in [4.69, 9.17) is 16.2 Å². The maximum atomic E-state index is 14.1. The number of hydrazine groups is 1. The highest BCUT2D eigenvalue weighted by Gasteiger charge is 2.52. The monoisotopic (exact) mass is 535 g/mol. The van der Waals surface area contributed by atoms with Crippen molar-refractivity contribution in [2.24, 2.45) is 17.4 Å². The number of rotatable bonds is 8. The largest absolute Gasteiger partial charge is 0.496 e. The van der Waals surface area contributed by atoms with Crippen LogP contribution in [0.15, 0.2) is 53.9 Å². The van der Waals surface area contributed by atoms with Gasteiger partial charge in [0.2, 0.25) is 5.91 Å². The van der Waals surface area contributed by atoms with Crippen LogP contribution in [-0.4, -0.2) is 36.2 Å². The van der Waals surface area contributed by atoms with Crippen molar-refractivity contribution in [3.8, 4) is 5.75 Å². The Morgan fingerprint density at radius 2 is 1.82 bits per heavy atom. The van der Waals surface area contributed by atoms with Crippen LogP contribution in [0.5, 0.6) is 5.75 Å². The molecule has 1 fully saturated rings. The number of primary amides is 1. The highest BCUT2D eigenvalue weighted by atomic mass is 19.4. The van der Waals surface area contributed by atoms with E-state index in [9.17, 15) is 27.2 Å². The first-order chi connectivity index (χ1) is 18.0. The number of carbonyl (C=O) groups excluding carboxylic acids is 2. The van der Waals surface area contributed by atoms with Crippen LogP contribution in [0.1, 0.15) is 53.2 Å². The lowest BCUT2D eigenvalue weighted by Crippen LogP contribution is -2.54. The summed E-state index contributed by atoms with van der Waals surface area (Å²) in [6.07, 6.45) is -2.35. The second-order valence-electron chi connectivity index (χ2n) is 9.40. The molecule has 2 atom stereocenters. The molecule has 0 radical (unpaired) electrons. The summed E-state index contributed by atoms with van der Waals surface area (Å²) in [6.45, 7) is 0.0848. The normalized spacial score (nSPS) is 19.1. The molecular formula is C26H29F4N5O3. The van der Waals surface area contributed by atoms with Crippen molar-refractivity contribution in [1.82, 2.24) is 15.8 Å². The van der Waals surface area contributed by atoms with Crippen LogP contribution in [0.4, 0.5) is 17.6 Å². The molecule has 12 heteroatoms. The van der Waals surface area contributed by atoms with Crippen molar-refractivity contribution < 1.29 is 31.9 Å². The van der Waals surface area contributed by atoms with Gasteiger partial charge < -0.3 is 21.5 Å². The van der Waals surface area contributed by atoms with Gasteiger partial charge in [-0.1, -0.05) is 37.1 Å². The molecule has 4 rings (SSSR count). The average Bonchev–Trinajstić information content (AvgIpc) is 3.51. The second kappa shape index (κ2) is 10.9. The van der Waals surface area contributed by atoms with Gasteiger partial charge in [-0.3, -0.25) is 14.6 Å². The quantitative estimate of drug-likeness (QED) is 0.385. The van der Waals surface area contributed by atoms with E-state index in [1.165, 1.54) is 19.2 Å². The van der Waals surface area contributed by atoms with Gasteiger partial charge >= 0.3 is 6.18 Å². The molecule has 38 heavy (non-hydrogen) atoms. The third-order valence-corrected chi connectivity index (χ3v) is 6.99. The number of nitrogens with two attached hydrogens (primary N) is 2. The number of benzene rings is 2. The fraction of sp³-hybridized carbons (Fsp3) is 0.385. The number of nitrogens with zero attached hydrogens (tertiary/aromatic N) is 1. The number of nitrogens with one attached hydrogen (secondary N) is 2. The van der Waals surface area contributed by atoms with Crippen molar-refractivity contribution in [3.05, 3.63) is 76.4 Å². The minimum atomic E-state index is -4.57. The number of methoxy groups -OCH3 is 1. The third-order valence-electron chi connectivity index (χ3n) is 6.99. The molecule has 6 N–H and O–H groups in total. The number of hydrogen-bond donors (Lipinski definition) is 4. The topological polar surface area (TPSA) is 123 Å². The molecule has 0 saturated heterocycles. The van der Waals surface area contributed by atoms with Gasteiger partial charge in [0.15, 0.2) is 0 Å². The molecule has 0 bridgehead atoms. The Morgan fingerprint density at radius 3 is 2.39 bits per heavy atom. The molecular weight excluding hydrogens is 506 g/mol. The molecule has 8 nitrogen and oxygen atoms in total. The molecule has 2 aliphatic rings. The smallest absolute Gasteiger partial charge is 0.410 e. The van der Waals surface area contributed by atoms with E-state index in [0.717, 1.165) is 11.1 Å². The lowest BCUT2D eigenvalue weighted by atomic mass is 9.97. The molecule has 1 heterocycles. The molecule has 2 aromatic rings. The number of carbonyl (C=O) groups is 2. The minimum Gasteiger partial charge on any atom is -0.496 e. The second-order valence-corrected chi connectivity index (χ2v) is 9.40. The first kappa shape index (κ1) is 27.2. The summed E-state index contributed by atoms with van der Waals surface area (Å²) in [4.78, 5) is 24.8. The van der Waals surface area contributed by atoms with E-state index in [0.29, 0.717) is 36.8 Å². The van der Waals surface area contributed by atoms with E-state index >= 15 is 0 Å². The molecule has 2 amide bonds. The highest BCUT2D eigenvalue weighted by molar-refractivity contribution is 5.97. The molecule has 0 spiro atoms. The Bertz CT molecular complexity index is 1230. The van der Waals surface area contributed by atoms with E-state index in [1.54, 1.807) is 24.3 Å². The minimum absolute atomic E-state index is 0.0348. The van der Waals surface area contributed by atoms with Gasteiger partial charge in [0.05, 0.1) is 24.3 Å². The predicted octanol–water partition coefficient (Wildman–Crippen LogP) is 3.40. The molecule has 1 aliphatic heterocycles. The molecule has 1 aliphatic carbocycles. The number of amides is 2. The van der Waals surface area contributed by atoms with Gasteiger partial charge in [0.25, 0.3) is 5.91 Å². The summed E-state index contributed by atoms with van der Waals surface area (Å²) < 4.78 is 61.0. The van der Waals surface area contributed by atoms with Crippen molar-refractivity contribution in [1.29, 1.82) is 0 Å². The van der Waals surface area contributed by atoms with Crippen LogP contribution in [0.2, 0.25) is 0 Å². The highest BCUT2D eigenvalue weighted by Crippen LogP contribution is 2.42. The third kappa shape index (κ3) is 5.54. The van der Waals surface area contributed by atoms with Crippen LogP contribution in [0.25, 0.3) is 0 Å². The van der Waals surface area contributed by atoms with Crippen LogP contribution >= 0.6 is 0 Å². The van der Waals surface area contributed by atoms with Crippen LogP contribution in [0, 0.1) is 11.7 Å². The zero-order valence-corrected chi connectivity index (χ0v) is 20.6. The van der Waals surface area contributed by atoms with Gasteiger partial charge in [0, 0.05) is 6.54 Å². The first-order valence-corrected chi connectivity index (χ1v) is 12.1. The summed E-state index contributed by atoms with van der Waals surface area (Å²) in [5, 5.41) is 3.52. The molecule has 2 aromatic carbocycles. The molecule has 1 saturated carbocycles. The van der Waals surface area contributed by atoms with Gasteiger partial charge in [-0.2, -0.15) is 13.2 Å². The number of hydrogen-bond acceptors (Lipinski definition) is 6. The fourth-order valence-electron chi connectivity index (χ4n) is 5.15. The standard InChI is InChI=1S/C26H29F4N5O3/c1-38-19-11-10-17(27)12-18(19)25(37)33-13-14-6-8-15(9-7-14)21-20(24(32)36)23(31)35(34-21)22(26(28,29)30)16-4-2-3-5-16/h6-12,16,21-22,34H,2-5,13,31H2,1H3,(H2,32,36)(H,33,37). The maximum absolute atomic E-state index is 14.1. The van der Waals surface area contributed by atoms with E-state index in [1.807, 2.05) is 0 Å². The Morgan fingerprint density at radius 1 is 1.16 bits per heavy atom. The molecule has 2 unspecified atom stereocenters. The van der Waals surface area contributed by atoms with Crippen molar-refractivity contribution in [2.75, 3.05) is 7.11 Å². The fourth-order valence-corrected chi connectivity index (χ4v) is 5.15. The SMILES string of the molecule is COc1ccc(F)cc1C(=O)NCc1ccc(C2NN(C(C3CCCC3)C(F)(F)F)C(N)=C2C(N)=O)cc1. The summed E-state index contributed by atoms with van der Waals surface area (Å²) in [7, 11) is 1.37. The van der Waals surface area contributed by atoms with Crippen LogP contribution in [0.3, 0.4) is 0 Å². The van der Waals surface area contributed by atoms with Crippen LogP contribution in [-0.2, 0) is 11.3 Å². The van der Waals surface area contributed by atoms with Crippen molar-refractivity contribution in [3.63, 3.8) is 0 Å².